The summed E-state index contributed by atoms with van der Waals surface area (Å²) in [4.78, 5) is 16.1. The van der Waals surface area contributed by atoms with Gasteiger partial charge in [0.2, 0.25) is 0 Å². The molecule has 2 heterocycles. The lowest BCUT2D eigenvalue weighted by Crippen LogP contribution is -2.41. The van der Waals surface area contributed by atoms with E-state index in [1.807, 2.05) is 13.0 Å². The third-order valence-electron chi connectivity index (χ3n) is 3.83. The van der Waals surface area contributed by atoms with E-state index in [0.29, 0.717) is 13.1 Å². The molecule has 1 aromatic heterocycles. The van der Waals surface area contributed by atoms with Gasteiger partial charge in [-0.25, -0.2) is 4.79 Å². The third kappa shape index (κ3) is 5.38. The molecule has 0 atom stereocenters. The molecule has 2 amide bonds. The number of carbonyl (C=O) groups excluding carboxylic acids is 1. The Morgan fingerprint density at radius 3 is 2.71 bits per heavy atom. The van der Waals surface area contributed by atoms with Gasteiger partial charge in [0.1, 0.15) is 11.5 Å². The van der Waals surface area contributed by atoms with Crippen molar-refractivity contribution in [1.82, 2.24) is 20.3 Å². The summed E-state index contributed by atoms with van der Waals surface area (Å²) in [6, 6.07) is 1.78. The van der Waals surface area contributed by atoms with E-state index in [0.717, 1.165) is 31.1 Å². The van der Waals surface area contributed by atoms with Gasteiger partial charge in [0, 0.05) is 26.2 Å². The number of hydrogen-bond acceptors (Lipinski definition) is 4. The largest absolute Gasteiger partial charge is 0.361 e. The Kier molecular flexibility index (Phi) is 6.04. The molecule has 0 radical (unpaired) electrons. The molecule has 6 nitrogen and oxygen atoms in total. The molecule has 1 N–H and O–H groups in total. The van der Waals surface area contributed by atoms with Crippen LogP contribution in [0.3, 0.4) is 0 Å². The summed E-state index contributed by atoms with van der Waals surface area (Å²) in [5.41, 5.74) is 0.776. The van der Waals surface area contributed by atoms with Crippen molar-refractivity contribution in [1.29, 1.82) is 0 Å². The maximum absolute atomic E-state index is 12.0. The molecule has 0 spiro atoms. The van der Waals surface area contributed by atoms with Crippen LogP contribution in [0.15, 0.2) is 10.6 Å². The molecule has 0 bridgehead atoms. The van der Waals surface area contributed by atoms with Gasteiger partial charge >= 0.3 is 6.03 Å². The molecule has 0 saturated carbocycles. The molecule has 118 valence electrons. The Bertz CT molecular complexity index is 439. The van der Waals surface area contributed by atoms with E-state index < -0.39 is 0 Å². The molecule has 1 saturated heterocycles. The van der Waals surface area contributed by atoms with Gasteiger partial charge in [-0.15, -0.1) is 0 Å². The molecular formula is C15H26N4O2. The summed E-state index contributed by atoms with van der Waals surface area (Å²) in [7, 11) is 1.77. The Balaban J connectivity index is 1.66. The number of rotatable bonds is 5. The number of hydrogen-bond donors (Lipinski definition) is 1. The lowest BCUT2D eigenvalue weighted by Gasteiger charge is -2.21. The first kappa shape index (κ1) is 15.8. The summed E-state index contributed by atoms with van der Waals surface area (Å²) in [5.74, 6) is 0.764. The second kappa shape index (κ2) is 8.02. The number of likely N-dealkylation sites (tertiary alicyclic amines) is 1. The fraction of sp³-hybridized carbons (Fsp3) is 0.733. The van der Waals surface area contributed by atoms with Crippen LogP contribution in [0.25, 0.3) is 0 Å². The van der Waals surface area contributed by atoms with Crippen molar-refractivity contribution in [3.63, 3.8) is 0 Å². The van der Waals surface area contributed by atoms with Gasteiger partial charge in [0.25, 0.3) is 0 Å². The summed E-state index contributed by atoms with van der Waals surface area (Å²) >= 11 is 0. The van der Waals surface area contributed by atoms with Crippen molar-refractivity contribution in [2.75, 3.05) is 33.2 Å². The van der Waals surface area contributed by atoms with E-state index in [1.165, 1.54) is 25.7 Å². The van der Waals surface area contributed by atoms with Crippen LogP contribution in [0.2, 0.25) is 0 Å². The highest BCUT2D eigenvalue weighted by Crippen LogP contribution is 2.08. The molecule has 21 heavy (non-hydrogen) atoms. The lowest BCUT2D eigenvalue weighted by molar-refractivity contribution is 0.202. The minimum Gasteiger partial charge on any atom is -0.361 e. The zero-order chi connectivity index (χ0) is 15.1. The Hall–Kier alpha value is -1.56. The fourth-order valence-corrected chi connectivity index (χ4v) is 2.62. The zero-order valence-electron chi connectivity index (χ0n) is 13.1. The number of nitrogens with zero attached hydrogens (tertiary/aromatic N) is 3. The lowest BCUT2D eigenvalue weighted by atomic mass is 10.2. The summed E-state index contributed by atoms with van der Waals surface area (Å²) in [6.07, 6.45) is 5.23. The van der Waals surface area contributed by atoms with Gasteiger partial charge in [-0.2, -0.15) is 0 Å². The molecule has 0 unspecified atom stereocenters. The number of amides is 2. The van der Waals surface area contributed by atoms with Crippen LogP contribution >= 0.6 is 0 Å². The van der Waals surface area contributed by atoms with E-state index in [1.54, 1.807) is 11.9 Å². The van der Waals surface area contributed by atoms with Gasteiger partial charge in [-0.1, -0.05) is 18.0 Å². The number of urea groups is 1. The molecule has 1 aromatic rings. The Morgan fingerprint density at radius 2 is 2.10 bits per heavy atom. The van der Waals surface area contributed by atoms with Crippen molar-refractivity contribution in [2.45, 2.75) is 39.2 Å². The zero-order valence-corrected chi connectivity index (χ0v) is 13.1. The normalized spacial score (nSPS) is 16.5. The molecular weight excluding hydrogens is 268 g/mol. The SMILES string of the molecule is Cc1cc(CN(C)C(=O)NCCN2CCCCCC2)no1. The minimum absolute atomic E-state index is 0.0644. The van der Waals surface area contributed by atoms with Crippen LogP contribution in [-0.4, -0.2) is 54.2 Å². The fourth-order valence-electron chi connectivity index (χ4n) is 2.62. The van der Waals surface area contributed by atoms with Crippen molar-refractivity contribution >= 4 is 6.03 Å². The van der Waals surface area contributed by atoms with Crippen LogP contribution in [0.5, 0.6) is 0 Å². The van der Waals surface area contributed by atoms with E-state index in [9.17, 15) is 4.79 Å². The maximum Gasteiger partial charge on any atom is 0.317 e. The summed E-state index contributed by atoms with van der Waals surface area (Å²) in [6.45, 7) is 6.25. The van der Waals surface area contributed by atoms with Crippen molar-refractivity contribution in [2.24, 2.45) is 0 Å². The van der Waals surface area contributed by atoms with E-state index in [4.69, 9.17) is 4.52 Å². The summed E-state index contributed by atoms with van der Waals surface area (Å²) in [5, 5.41) is 6.86. The first-order chi connectivity index (χ1) is 10.1. The minimum atomic E-state index is -0.0644. The van der Waals surface area contributed by atoms with Crippen LogP contribution in [0.4, 0.5) is 4.79 Å². The van der Waals surface area contributed by atoms with Crippen molar-refractivity contribution in [3.8, 4) is 0 Å². The first-order valence-electron chi connectivity index (χ1n) is 7.78. The highest BCUT2D eigenvalue weighted by Gasteiger charge is 2.12. The standard InChI is InChI=1S/C15H26N4O2/c1-13-11-14(17-21-13)12-18(2)15(20)16-7-10-19-8-5-3-4-6-9-19/h11H,3-10,12H2,1-2H3,(H,16,20). The highest BCUT2D eigenvalue weighted by molar-refractivity contribution is 5.73. The number of aromatic nitrogens is 1. The number of nitrogens with one attached hydrogen (secondary N) is 1. The third-order valence-corrected chi connectivity index (χ3v) is 3.83. The topological polar surface area (TPSA) is 61.6 Å². The molecule has 6 heteroatoms. The second-order valence-corrected chi connectivity index (χ2v) is 5.77. The smallest absolute Gasteiger partial charge is 0.317 e. The second-order valence-electron chi connectivity index (χ2n) is 5.77. The number of aryl methyl sites for hydroxylation is 1. The predicted octanol–water partition coefficient (Wildman–Crippen LogP) is 2.00. The van der Waals surface area contributed by atoms with Crippen LogP contribution in [-0.2, 0) is 6.54 Å². The molecule has 1 aliphatic heterocycles. The highest BCUT2D eigenvalue weighted by atomic mass is 16.5. The summed E-state index contributed by atoms with van der Waals surface area (Å²) < 4.78 is 5.00. The molecule has 0 aliphatic carbocycles. The molecule has 2 rings (SSSR count). The van der Waals surface area contributed by atoms with Crippen LogP contribution < -0.4 is 5.32 Å². The average Bonchev–Trinajstić information content (AvgIpc) is 2.72. The first-order valence-corrected chi connectivity index (χ1v) is 7.78. The predicted molar refractivity (Wildman–Crippen MR) is 81.0 cm³/mol. The van der Waals surface area contributed by atoms with Gasteiger partial charge in [-0.05, 0) is 32.9 Å². The Morgan fingerprint density at radius 1 is 1.38 bits per heavy atom. The van der Waals surface area contributed by atoms with Crippen LogP contribution in [0, 0.1) is 6.92 Å². The van der Waals surface area contributed by atoms with Gasteiger partial charge in [0.05, 0.1) is 6.54 Å². The van der Waals surface area contributed by atoms with E-state index in [-0.39, 0.29) is 6.03 Å². The number of carbonyl (C=O) groups is 1. The molecule has 1 aliphatic rings. The average molecular weight is 294 g/mol. The van der Waals surface area contributed by atoms with Crippen molar-refractivity contribution < 1.29 is 9.32 Å². The van der Waals surface area contributed by atoms with Gasteiger partial charge in [-0.3, -0.25) is 0 Å². The van der Waals surface area contributed by atoms with Gasteiger partial charge in [0.15, 0.2) is 0 Å². The molecule has 0 aromatic carbocycles. The van der Waals surface area contributed by atoms with Crippen molar-refractivity contribution in [3.05, 3.63) is 17.5 Å². The quantitative estimate of drug-likeness (QED) is 0.902. The monoisotopic (exact) mass is 294 g/mol. The Labute approximate surface area is 126 Å². The van der Waals surface area contributed by atoms with E-state index >= 15 is 0 Å². The molecule has 1 fully saturated rings. The van der Waals surface area contributed by atoms with E-state index in [2.05, 4.69) is 15.4 Å². The van der Waals surface area contributed by atoms with Gasteiger partial charge < -0.3 is 19.6 Å². The van der Waals surface area contributed by atoms with Crippen LogP contribution in [0.1, 0.15) is 37.1 Å². The maximum atomic E-state index is 12.0.